The zero-order valence-corrected chi connectivity index (χ0v) is 16.3. The number of hydrogen-bond donors (Lipinski definition) is 2. The predicted octanol–water partition coefficient (Wildman–Crippen LogP) is 5.50. The SMILES string of the molecule is Cc1cc(-c2cnc3c(NCCC(F)(F)F)cc(C(C)C)cn23)ccc1C(=O)O. The highest BCUT2D eigenvalue weighted by Crippen LogP contribution is 2.30. The van der Waals surface area contributed by atoms with Crippen LogP contribution in [0.1, 0.15) is 47.7 Å². The smallest absolute Gasteiger partial charge is 0.390 e. The van der Waals surface area contributed by atoms with Crippen LogP contribution < -0.4 is 5.32 Å². The van der Waals surface area contributed by atoms with E-state index in [0.717, 1.165) is 16.8 Å². The van der Waals surface area contributed by atoms with Gasteiger partial charge in [0.2, 0.25) is 0 Å². The molecule has 0 unspecified atom stereocenters. The first-order valence-corrected chi connectivity index (χ1v) is 9.23. The molecule has 0 saturated heterocycles. The lowest BCUT2D eigenvalue weighted by atomic mass is 10.0. The summed E-state index contributed by atoms with van der Waals surface area (Å²) in [6.07, 6.45) is -1.61. The fourth-order valence-electron chi connectivity index (χ4n) is 3.17. The summed E-state index contributed by atoms with van der Waals surface area (Å²) < 4.78 is 39.4. The topological polar surface area (TPSA) is 66.6 Å². The largest absolute Gasteiger partial charge is 0.478 e. The number of aromatic nitrogens is 2. The van der Waals surface area contributed by atoms with E-state index in [1.54, 1.807) is 31.3 Å². The fourth-order valence-corrected chi connectivity index (χ4v) is 3.17. The number of benzene rings is 1. The first-order chi connectivity index (χ1) is 13.6. The predicted molar refractivity (Wildman–Crippen MR) is 106 cm³/mol. The Morgan fingerprint density at radius 2 is 2.00 bits per heavy atom. The van der Waals surface area contributed by atoms with E-state index >= 15 is 0 Å². The van der Waals surface area contributed by atoms with E-state index in [0.29, 0.717) is 16.9 Å². The third-order valence-electron chi connectivity index (χ3n) is 4.77. The maximum atomic E-state index is 12.5. The first kappa shape index (κ1) is 20.7. The van der Waals surface area contributed by atoms with Crippen molar-refractivity contribution in [2.24, 2.45) is 0 Å². The van der Waals surface area contributed by atoms with Crippen LogP contribution in [-0.4, -0.2) is 33.2 Å². The molecule has 5 nitrogen and oxygen atoms in total. The molecular formula is C21H22F3N3O2. The van der Waals surface area contributed by atoms with Crippen molar-refractivity contribution in [3.05, 3.63) is 53.3 Å². The number of carboxylic acids is 1. The summed E-state index contributed by atoms with van der Waals surface area (Å²) in [5, 5.41) is 12.1. The molecule has 0 fully saturated rings. The number of pyridine rings is 1. The number of nitrogens with zero attached hydrogens (tertiary/aromatic N) is 2. The lowest BCUT2D eigenvalue weighted by molar-refractivity contribution is -0.131. The van der Waals surface area contributed by atoms with Crippen molar-refractivity contribution in [1.82, 2.24) is 9.38 Å². The summed E-state index contributed by atoms with van der Waals surface area (Å²) in [6.45, 7) is 5.49. The van der Waals surface area contributed by atoms with Crippen LogP contribution in [0.3, 0.4) is 0 Å². The molecule has 0 aliphatic heterocycles. The number of alkyl halides is 3. The zero-order valence-electron chi connectivity index (χ0n) is 16.3. The van der Waals surface area contributed by atoms with Gasteiger partial charge in [0.1, 0.15) is 0 Å². The molecule has 2 heterocycles. The summed E-state index contributed by atoms with van der Waals surface area (Å²) in [5.74, 6) is -0.834. The number of aryl methyl sites for hydroxylation is 1. The number of nitrogens with one attached hydrogen (secondary N) is 1. The highest BCUT2D eigenvalue weighted by atomic mass is 19.4. The van der Waals surface area contributed by atoms with Gasteiger partial charge in [0.25, 0.3) is 0 Å². The minimum Gasteiger partial charge on any atom is -0.478 e. The number of carbonyl (C=O) groups is 1. The summed E-state index contributed by atoms with van der Waals surface area (Å²) >= 11 is 0. The molecule has 0 atom stereocenters. The Hall–Kier alpha value is -3.03. The highest BCUT2D eigenvalue weighted by molar-refractivity contribution is 5.90. The molecule has 0 spiro atoms. The van der Waals surface area contributed by atoms with Gasteiger partial charge in [0.15, 0.2) is 5.65 Å². The molecule has 1 aromatic carbocycles. The molecule has 0 bridgehead atoms. The second kappa shape index (κ2) is 7.77. The summed E-state index contributed by atoms with van der Waals surface area (Å²) in [7, 11) is 0. The van der Waals surface area contributed by atoms with Crippen molar-refractivity contribution >= 4 is 17.3 Å². The molecule has 8 heteroatoms. The van der Waals surface area contributed by atoms with Crippen LogP contribution >= 0.6 is 0 Å². The van der Waals surface area contributed by atoms with Crippen LogP contribution in [0.2, 0.25) is 0 Å². The Morgan fingerprint density at radius 3 is 2.59 bits per heavy atom. The molecule has 2 aromatic heterocycles. The summed E-state index contributed by atoms with van der Waals surface area (Å²) in [5.41, 5.74) is 4.36. The van der Waals surface area contributed by atoms with Crippen LogP contribution in [0.25, 0.3) is 16.9 Å². The van der Waals surface area contributed by atoms with Crippen molar-refractivity contribution in [3.8, 4) is 11.3 Å². The normalized spacial score (nSPS) is 12.0. The Morgan fingerprint density at radius 1 is 1.28 bits per heavy atom. The van der Waals surface area contributed by atoms with Crippen LogP contribution in [0, 0.1) is 6.92 Å². The average Bonchev–Trinajstić information content (AvgIpc) is 3.04. The molecule has 0 aliphatic carbocycles. The fraction of sp³-hybridized carbons (Fsp3) is 0.333. The highest BCUT2D eigenvalue weighted by Gasteiger charge is 2.26. The van der Waals surface area contributed by atoms with Crippen LogP contribution in [0.5, 0.6) is 0 Å². The third kappa shape index (κ3) is 4.52. The number of anilines is 1. The number of imidazole rings is 1. The molecule has 0 radical (unpaired) electrons. The Kier molecular flexibility index (Phi) is 5.55. The number of carboxylic acid groups (broad SMARTS) is 1. The van der Waals surface area contributed by atoms with Gasteiger partial charge in [-0.3, -0.25) is 4.40 Å². The van der Waals surface area contributed by atoms with Gasteiger partial charge in [-0.05, 0) is 42.2 Å². The Labute approximate surface area is 166 Å². The second-order valence-corrected chi connectivity index (χ2v) is 7.31. The number of aromatic carboxylic acids is 1. The van der Waals surface area contributed by atoms with Crippen molar-refractivity contribution in [1.29, 1.82) is 0 Å². The molecule has 3 aromatic rings. The van der Waals surface area contributed by atoms with E-state index in [9.17, 15) is 23.1 Å². The molecule has 3 rings (SSSR count). The van der Waals surface area contributed by atoms with Gasteiger partial charge < -0.3 is 10.4 Å². The quantitative estimate of drug-likeness (QED) is 0.569. The van der Waals surface area contributed by atoms with E-state index in [4.69, 9.17) is 0 Å². The number of fused-ring (bicyclic) bond motifs is 1. The van der Waals surface area contributed by atoms with Crippen molar-refractivity contribution < 1.29 is 23.1 Å². The molecule has 2 N–H and O–H groups in total. The molecule has 29 heavy (non-hydrogen) atoms. The maximum Gasteiger partial charge on any atom is 0.390 e. The average molecular weight is 405 g/mol. The van der Waals surface area contributed by atoms with E-state index in [1.165, 1.54) is 0 Å². The lowest BCUT2D eigenvalue weighted by Crippen LogP contribution is -2.15. The first-order valence-electron chi connectivity index (χ1n) is 9.23. The van der Waals surface area contributed by atoms with Gasteiger partial charge in [-0.15, -0.1) is 0 Å². The van der Waals surface area contributed by atoms with E-state index in [-0.39, 0.29) is 18.0 Å². The van der Waals surface area contributed by atoms with Gasteiger partial charge in [-0.2, -0.15) is 13.2 Å². The van der Waals surface area contributed by atoms with Gasteiger partial charge in [-0.1, -0.05) is 19.9 Å². The number of rotatable bonds is 6. The Bertz CT molecular complexity index is 1060. The minimum atomic E-state index is -4.23. The van der Waals surface area contributed by atoms with Crippen LogP contribution in [0.4, 0.5) is 18.9 Å². The van der Waals surface area contributed by atoms with E-state index in [2.05, 4.69) is 10.3 Å². The molecule has 154 valence electrons. The minimum absolute atomic E-state index is 0.161. The van der Waals surface area contributed by atoms with Crippen molar-refractivity contribution in [2.75, 3.05) is 11.9 Å². The summed E-state index contributed by atoms with van der Waals surface area (Å²) in [4.78, 5) is 15.7. The Balaban J connectivity index is 2.06. The van der Waals surface area contributed by atoms with Gasteiger partial charge in [0, 0.05) is 18.3 Å². The second-order valence-electron chi connectivity index (χ2n) is 7.31. The number of hydrogen-bond acceptors (Lipinski definition) is 3. The molecular weight excluding hydrogens is 383 g/mol. The van der Waals surface area contributed by atoms with Crippen molar-refractivity contribution in [2.45, 2.75) is 39.3 Å². The zero-order chi connectivity index (χ0) is 21.3. The maximum absolute atomic E-state index is 12.5. The van der Waals surface area contributed by atoms with E-state index in [1.807, 2.05) is 30.5 Å². The van der Waals surface area contributed by atoms with Crippen LogP contribution in [-0.2, 0) is 0 Å². The van der Waals surface area contributed by atoms with Gasteiger partial charge in [-0.25, -0.2) is 9.78 Å². The van der Waals surface area contributed by atoms with Gasteiger partial charge >= 0.3 is 12.1 Å². The summed E-state index contributed by atoms with van der Waals surface area (Å²) in [6, 6.07) is 6.84. The third-order valence-corrected chi connectivity index (χ3v) is 4.77. The molecule has 0 aliphatic rings. The van der Waals surface area contributed by atoms with Crippen molar-refractivity contribution in [3.63, 3.8) is 0 Å². The van der Waals surface area contributed by atoms with E-state index < -0.39 is 18.6 Å². The standard InChI is InChI=1S/C21H22F3N3O2/c1-12(2)15-9-17(25-7-6-21(22,23)24)19-26-10-18(27(19)11-15)14-4-5-16(20(28)29)13(3)8-14/h4-5,8-12,25H,6-7H2,1-3H3,(H,28,29). The van der Waals surface area contributed by atoms with Crippen LogP contribution in [0.15, 0.2) is 36.7 Å². The molecule has 0 amide bonds. The lowest BCUT2D eigenvalue weighted by Gasteiger charge is -2.15. The number of halogens is 3. The van der Waals surface area contributed by atoms with Gasteiger partial charge in [0.05, 0.1) is 29.6 Å². The molecule has 0 saturated carbocycles. The monoisotopic (exact) mass is 405 g/mol.